The Morgan fingerprint density at radius 2 is 2.33 bits per heavy atom. The van der Waals surface area contributed by atoms with E-state index in [0.29, 0.717) is 25.9 Å². The van der Waals surface area contributed by atoms with Crippen LogP contribution in [0.25, 0.3) is 0 Å². The summed E-state index contributed by atoms with van der Waals surface area (Å²) in [5.41, 5.74) is 0.878. The van der Waals surface area contributed by atoms with Crippen molar-refractivity contribution in [1.29, 1.82) is 0 Å². The first-order valence-corrected chi connectivity index (χ1v) is 6.80. The molecular formula is C13H20N4O4. The average molecular weight is 296 g/mol. The number of aromatic nitrogens is 2. The molecule has 2 N–H and O–H groups in total. The van der Waals surface area contributed by atoms with Gasteiger partial charge in [-0.25, -0.2) is 9.59 Å². The molecule has 0 radical (unpaired) electrons. The Kier molecular flexibility index (Phi) is 4.79. The number of carboxylic acids is 1. The van der Waals surface area contributed by atoms with Crippen molar-refractivity contribution < 1.29 is 19.4 Å². The summed E-state index contributed by atoms with van der Waals surface area (Å²) in [4.78, 5) is 24.6. The molecule has 21 heavy (non-hydrogen) atoms. The summed E-state index contributed by atoms with van der Waals surface area (Å²) in [6.07, 6.45) is 2.53. The van der Waals surface area contributed by atoms with Gasteiger partial charge in [-0.05, 0) is 6.07 Å². The van der Waals surface area contributed by atoms with Crippen molar-refractivity contribution in [2.45, 2.75) is 25.0 Å². The SMILES string of the molecule is COC1CC(C(=O)O)N(C(=O)NCCc2ccn(C)n2)C1. The highest BCUT2D eigenvalue weighted by atomic mass is 16.5. The highest BCUT2D eigenvalue weighted by Gasteiger charge is 2.39. The minimum atomic E-state index is -1.01. The van der Waals surface area contributed by atoms with E-state index in [1.807, 2.05) is 19.3 Å². The lowest BCUT2D eigenvalue weighted by molar-refractivity contribution is -0.141. The average Bonchev–Trinajstić information content (AvgIpc) is 3.04. The minimum Gasteiger partial charge on any atom is -0.480 e. The van der Waals surface area contributed by atoms with Crippen LogP contribution in [0.1, 0.15) is 12.1 Å². The zero-order valence-corrected chi connectivity index (χ0v) is 12.2. The van der Waals surface area contributed by atoms with Gasteiger partial charge in [0.25, 0.3) is 0 Å². The van der Waals surface area contributed by atoms with Crippen LogP contribution in [0.2, 0.25) is 0 Å². The summed E-state index contributed by atoms with van der Waals surface area (Å²) >= 11 is 0. The second-order valence-electron chi connectivity index (χ2n) is 5.06. The van der Waals surface area contributed by atoms with Crippen LogP contribution < -0.4 is 5.32 Å². The zero-order chi connectivity index (χ0) is 15.4. The minimum absolute atomic E-state index is 0.229. The number of aliphatic carboxylic acids is 1. The number of carboxylic acid groups (broad SMARTS) is 1. The molecule has 1 aromatic rings. The van der Waals surface area contributed by atoms with Crippen LogP contribution in [0, 0.1) is 0 Å². The van der Waals surface area contributed by atoms with Crippen molar-refractivity contribution in [2.75, 3.05) is 20.2 Å². The van der Waals surface area contributed by atoms with Crippen LogP contribution in [-0.4, -0.2) is 64.1 Å². The Bertz CT molecular complexity index is 516. The summed E-state index contributed by atoms with van der Waals surface area (Å²) < 4.78 is 6.85. The number of amides is 2. The fourth-order valence-electron chi connectivity index (χ4n) is 2.42. The van der Waals surface area contributed by atoms with E-state index in [4.69, 9.17) is 9.84 Å². The Morgan fingerprint density at radius 1 is 1.57 bits per heavy atom. The third-order valence-electron chi connectivity index (χ3n) is 3.57. The fraction of sp³-hybridized carbons (Fsp3) is 0.615. The number of likely N-dealkylation sites (tertiary alicyclic amines) is 1. The second-order valence-corrected chi connectivity index (χ2v) is 5.06. The molecule has 1 fully saturated rings. The maximum atomic E-state index is 12.1. The van der Waals surface area contributed by atoms with Gasteiger partial charge in [-0.2, -0.15) is 5.10 Å². The van der Waals surface area contributed by atoms with E-state index in [1.54, 1.807) is 4.68 Å². The van der Waals surface area contributed by atoms with Gasteiger partial charge in [0.05, 0.1) is 11.8 Å². The number of rotatable bonds is 5. The van der Waals surface area contributed by atoms with Gasteiger partial charge in [0.1, 0.15) is 6.04 Å². The molecule has 0 saturated carbocycles. The largest absolute Gasteiger partial charge is 0.480 e. The quantitative estimate of drug-likeness (QED) is 0.787. The molecule has 2 rings (SSSR count). The number of nitrogens with zero attached hydrogens (tertiary/aromatic N) is 3. The summed E-state index contributed by atoms with van der Waals surface area (Å²) in [6, 6.07) is 0.672. The molecule has 2 amide bonds. The van der Waals surface area contributed by atoms with Crippen LogP contribution >= 0.6 is 0 Å². The maximum Gasteiger partial charge on any atom is 0.326 e. The number of carbonyl (C=O) groups is 2. The number of ether oxygens (including phenoxy) is 1. The summed E-state index contributed by atoms with van der Waals surface area (Å²) in [7, 11) is 3.35. The molecule has 1 saturated heterocycles. The third-order valence-corrected chi connectivity index (χ3v) is 3.57. The van der Waals surface area contributed by atoms with E-state index in [1.165, 1.54) is 12.0 Å². The number of nitrogens with one attached hydrogen (secondary N) is 1. The van der Waals surface area contributed by atoms with Crippen molar-refractivity contribution in [3.05, 3.63) is 18.0 Å². The standard InChI is InChI=1S/C13H20N4O4/c1-16-6-4-9(15-16)3-5-14-13(20)17-8-10(21-2)7-11(17)12(18)19/h4,6,10-11H,3,5,7-8H2,1-2H3,(H,14,20)(H,18,19). The number of carbonyl (C=O) groups excluding carboxylic acids is 1. The molecule has 2 unspecified atom stereocenters. The van der Waals surface area contributed by atoms with Crippen molar-refractivity contribution in [2.24, 2.45) is 7.05 Å². The van der Waals surface area contributed by atoms with Gasteiger partial charge >= 0.3 is 12.0 Å². The van der Waals surface area contributed by atoms with Gasteiger partial charge in [-0.1, -0.05) is 0 Å². The van der Waals surface area contributed by atoms with Crippen molar-refractivity contribution in [3.8, 4) is 0 Å². The lowest BCUT2D eigenvalue weighted by atomic mass is 10.2. The monoisotopic (exact) mass is 296 g/mol. The molecule has 8 heteroatoms. The van der Waals surface area contributed by atoms with E-state index < -0.39 is 12.0 Å². The highest BCUT2D eigenvalue weighted by molar-refractivity contribution is 5.83. The van der Waals surface area contributed by atoms with Crippen LogP contribution in [0.3, 0.4) is 0 Å². The molecule has 2 heterocycles. The summed E-state index contributed by atoms with van der Waals surface area (Å²) in [6.45, 7) is 0.708. The number of urea groups is 1. The Balaban J connectivity index is 1.85. The van der Waals surface area contributed by atoms with E-state index in [-0.39, 0.29) is 12.1 Å². The first kappa shape index (κ1) is 15.3. The van der Waals surface area contributed by atoms with Crippen LogP contribution in [-0.2, 0) is 23.0 Å². The molecule has 0 bridgehead atoms. The Morgan fingerprint density at radius 3 is 2.90 bits per heavy atom. The van der Waals surface area contributed by atoms with E-state index >= 15 is 0 Å². The maximum absolute atomic E-state index is 12.1. The smallest absolute Gasteiger partial charge is 0.326 e. The summed E-state index contributed by atoms with van der Waals surface area (Å²) in [5, 5.41) is 16.1. The lowest BCUT2D eigenvalue weighted by Crippen LogP contribution is -2.46. The van der Waals surface area contributed by atoms with Crippen molar-refractivity contribution in [3.63, 3.8) is 0 Å². The van der Waals surface area contributed by atoms with E-state index in [2.05, 4.69) is 10.4 Å². The van der Waals surface area contributed by atoms with Crippen LogP contribution in [0.5, 0.6) is 0 Å². The van der Waals surface area contributed by atoms with E-state index in [0.717, 1.165) is 5.69 Å². The lowest BCUT2D eigenvalue weighted by Gasteiger charge is -2.21. The topological polar surface area (TPSA) is 96.7 Å². The van der Waals surface area contributed by atoms with Gasteiger partial charge in [0.2, 0.25) is 0 Å². The second kappa shape index (κ2) is 6.57. The number of methoxy groups -OCH3 is 1. The highest BCUT2D eigenvalue weighted by Crippen LogP contribution is 2.20. The predicted octanol–water partition coefficient (Wildman–Crippen LogP) is -0.154. The molecular weight excluding hydrogens is 276 g/mol. The van der Waals surface area contributed by atoms with Gasteiger partial charge in [0, 0.05) is 46.3 Å². The Hall–Kier alpha value is -2.09. The number of hydrogen-bond acceptors (Lipinski definition) is 4. The normalized spacial score (nSPS) is 21.5. The van der Waals surface area contributed by atoms with Crippen LogP contribution in [0.4, 0.5) is 4.79 Å². The molecule has 1 aliphatic heterocycles. The van der Waals surface area contributed by atoms with Crippen molar-refractivity contribution in [1.82, 2.24) is 20.0 Å². The molecule has 116 valence electrons. The first-order chi connectivity index (χ1) is 10.0. The van der Waals surface area contributed by atoms with Crippen molar-refractivity contribution >= 4 is 12.0 Å². The van der Waals surface area contributed by atoms with Gasteiger partial charge in [-0.3, -0.25) is 4.68 Å². The van der Waals surface area contributed by atoms with E-state index in [9.17, 15) is 9.59 Å². The molecule has 1 aliphatic rings. The molecule has 1 aromatic heterocycles. The van der Waals surface area contributed by atoms with Crippen LogP contribution in [0.15, 0.2) is 12.3 Å². The third kappa shape index (κ3) is 3.72. The van der Waals surface area contributed by atoms with Gasteiger partial charge < -0.3 is 20.1 Å². The van der Waals surface area contributed by atoms with Gasteiger partial charge in [0.15, 0.2) is 0 Å². The number of aryl methyl sites for hydroxylation is 1. The fourth-order valence-corrected chi connectivity index (χ4v) is 2.42. The van der Waals surface area contributed by atoms with Gasteiger partial charge in [-0.15, -0.1) is 0 Å². The molecule has 0 aromatic carbocycles. The zero-order valence-electron chi connectivity index (χ0n) is 12.2. The molecule has 0 spiro atoms. The first-order valence-electron chi connectivity index (χ1n) is 6.80. The Labute approximate surface area is 122 Å². The molecule has 8 nitrogen and oxygen atoms in total. The molecule has 0 aliphatic carbocycles. The summed E-state index contributed by atoms with van der Waals surface area (Å²) in [5.74, 6) is -1.01. The predicted molar refractivity (Wildman–Crippen MR) is 73.9 cm³/mol. The molecule has 2 atom stereocenters. The number of hydrogen-bond donors (Lipinski definition) is 2.